The van der Waals surface area contributed by atoms with Gasteiger partial charge in [0.05, 0.1) is 0 Å². The molecule has 0 unspecified atom stereocenters. The van der Waals surface area contributed by atoms with E-state index in [4.69, 9.17) is 0 Å². The molecule has 8 rings (SSSR count). The van der Waals surface area contributed by atoms with Crippen molar-refractivity contribution in [2.45, 2.75) is 194 Å². The van der Waals surface area contributed by atoms with Gasteiger partial charge in [-0.05, 0) is 262 Å². The van der Waals surface area contributed by atoms with Crippen molar-refractivity contribution >= 4 is 0 Å². The summed E-state index contributed by atoms with van der Waals surface area (Å²) in [6.07, 6.45) is 33.5. The van der Waals surface area contributed by atoms with E-state index in [0.717, 1.165) is 127 Å². The van der Waals surface area contributed by atoms with Crippen LogP contribution in [0, 0.1) is 97.9 Å². The second-order valence-corrected chi connectivity index (χ2v) is 21.8. The highest BCUT2D eigenvalue weighted by molar-refractivity contribution is 5.32. The van der Waals surface area contributed by atoms with Gasteiger partial charge in [0.25, 0.3) is 0 Å². The van der Waals surface area contributed by atoms with Crippen LogP contribution in [0.3, 0.4) is 0 Å². The van der Waals surface area contributed by atoms with Crippen molar-refractivity contribution in [3.05, 3.63) is 189 Å². The molecule has 0 N–H and O–H groups in total. The molecule has 0 atom stereocenters. The number of hydrogen-bond acceptors (Lipinski definition) is 0. The number of hydrogen-bond donors (Lipinski definition) is 0. The molecule has 0 aromatic heterocycles. The number of benzene rings is 4. The molecule has 4 aliphatic carbocycles. The molecule has 0 saturated heterocycles. The summed E-state index contributed by atoms with van der Waals surface area (Å²) in [5.41, 5.74) is 3.83. The lowest BCUT2D eigenvalue weighted by atomic mass is 9.77. The molecule has 4 aromatic rings. The van der Waals surface area contributed by atoms with E-state index in [1.165, 1.54) is 12.8 Å². The van der Waals surface area contributed by atoms with E-state index >= 15 is 0 Å². The second-order valence-electron chi connectivity index (χ2n) is 21.8. The minimum atomic E-state index is -0.687. The first-order valence-electron chi connectivity index (χ1n) is 27.8. The molecule has 0 amide bonds. The van der Waals surface area contributed by atoms with Gasteiger partial charge in [-0.1, -0.05) is 85.0 Å². The van der Waals surface area contributed by atoms with Crippen LogP contribution in [-0.2, 0) is 0 Å². The number of aryl methyl sites for hydroxylation is 4. The third kappa shape index (κ3) is 16.6. The van der Waals surface area contributed by atoms with Crippen LogP contribution in [0.25, 0.3) is 0 Å². The molecule has 74 heavy (non-hydrogen) atoms. The SMILES string of the molecule is C/C=C/C1CCC(c2ccc(C)c(F)c2F)CC1.C/C=C/CCC1CCC(c2ccc(C)c(F)c2F)CC1.C=CC1CCC(c2ccc(C)c(F)c2F)CC1.C=CCCC1CCC(c2ccc(C)c(F)c2F)CC1.[HH].[HH].[HH].[HH]. The first kappa shape index (κ1) is 60.1. The molecular formula is C66H92F8. The maximum atomic E-state index is 14.0. The Morgan fingerprint density at radius 3 is 0.973 bits per heavy atom. The molecule has 0 spiro atoms. The lowest BCUT2D eigenvalue weighted by molar-refractivity contribution is 0.306. The molecule has 0 nitrogen and oxygen atoms in total. The van der Waals surface area contributed by atoms with Gasteiger partial charge in [-0.25, -0.2) is 35.1 Å². The van der Waals surface area contributed by atoms with Gasteiger partial charge in [-0.3, -0.25) is 0 Å². The lowest BCUT2D eigenvalue weighted by Crippen LogP contribution is -2.15. The van der Waals surface area contributed by atoms with Gasteiger partial charge in [-0.2, -0.15) is 0 Å². The van der Waals surface area contributed by atoms with E-state index in [0.29, 0.717) is 56.3 Å². The monoisotopic (exact) mass is 1040 g/mol. The Morgan fingerprint density at radius 1 is 0.392 bits per heavy atom. The highest BCUT2D eigenvalue weighted by atomic mass is 19.2. The van der Waals surface area contributed by atoms with Crippen LogP contribution in [0.4, 0.5) is 35.1 Å². The average Bonchev–Trinajstić information content (AvgIpc) is 3.41. The summed E-state index contributed by atoms with van der Waals surface area (Å²) in [5, 5.41) is 0. The van der Waals surface area contributed by atoms with E-state index in [1.807, 2.05) is 26.0 Å². The van der Waals surface area contributed by atoms with E-state index in [-0.39, 0.29) is 29.4 Å². The van der Waals surface area contributed by atoms with Gasteiger partial charge < -0.3 is 0 Å². The van der Waals surface area contributed by atoms with Gasteiger partial charge in [0, 0.05) is 5.71 Å². The summed E-state index contributed by atoms with van der Waals surface area (Å²) in [4.78, 5) is 0. The minimum Gasteiger partial charge on any atom is -0.203 e. The first-order chi connectivity index (χ1) is 35.5. The van der Waals surface area contributed by atoms with E-state index in [9.17, 15) is 35.1 Å². The van der Waals surface area contributed by atoms with Crippen molar-refractivity contribution in [2.24, 2.45) is 23.7 Å². The number of allylic oxidation sites excluding steroid dienone is 6. The van der Waals surface area contributed by atoms with Crippen LogP contribution in [0.1, 0.15) is 216 Å². The Balaban J connectivity index is 0.000000512. The van der Waals surface area contributed by atoms with Crippen LogP contribution >= 0.6 is 0 Å². The Morgan fingerprint density at radius 2 is 0.689 bits per heavy atom. The normalized spacial score (nSPS) is 24.0. The van der Waals surface area contributed by atoms with Crippen molar-refractivity contribution in [1.29, 1.82) is 0 Å². The molecule has 0 radical (unpaired) electrons. The standard InChI is InChI=1S/C18H24F2.C17H22F2.C16H20F2.C15H18F2.4H2/c1-3-4-5-6-14-8-10-15(11-9-14)16-12-7-13(2)17(19)18(16)20;1-3-4-5-13-7-9-14(10-8-13)15-11-6-12(2)16(18)17(15)19;1-3-4-12-6-8-13(9-7-12)14-10-5-11(2)15(17)16(14)18;1-3-11-5-7-12(8-6-11)13-9-4-10(2)14(16)15(13)17;;;;/h3-4,7,12,14-15H,5-6,8-11H2,1-2H3;3,6,11,13-14H,1,4-5,7-10H2,2H3;3-5,10,12-13H,6-9H2,1-2H3;3-4,9,11-12H,1,5-8H2,2H3;4*1H/b4-3+;;4-3+;;;;;. The predicted octanol–water partition coefficient (Wildman–Crippen LogP) is 22.3. The predicted molar refractivity (Wildman–Crippen MR) is 300 cm³/mol. The highest BCUT2D eigenvalue weighted by Gasteiger charge is 2.29. The summed E-state index contributed by atoms with van der Waals surface area (Å²) < 4.78 is 110. The summed E-state index contributed by atoms with van der Waals surface area (Å²) in [7, 11) is 0. The third-order valence-electron chi connectivity index (χ3n) is 16.8. The van der Waals surface area contributed by atoms with Gasteiger partial charge in [0.2, 0.25) is 0 Å². The Kier molecular flexibility index (Phi) is 24.5. The van der Waals surface area contributed by atoms with E-state index in [1.54, 1.807) is 76.2 Å². The van der Waals surface area contributed by atoms with Crippen molar-refractivity contribution in [3.8, 4) is 0 Å². The summed E-state index contributed by atoms with van der Waals surface area (Å²) in [5.74, 6) is -1.86. The number of halogens is 8. The fourth-order valence-electron chi connectivity index (χ4n) is 11.8. The second kappa shape index (κ2) is 30.1. The van der Waals surface area contributed by atoms with E-state index in [2.05, 4.69) is 37.5 Å². The van der Waals surface area contributed by atoms with Crippen LogP contribution in [0.15, 0.2) is 98.1 Å². The first-order valence-corrected chi connectivity index (χ1v) is 27.8. The van der Waals surface area contributed by atoms with Crippen molar-refractivity contribution in [1.82, 2.24) is 0 Å². The fraction of sp³-hybridized carbons (Fsp3) is 0.515. The Hall–Kier alpha value is -4.72. The highest BCUT2D eigenvalue weighted by Crippen LogP contribution is 2.42. The molecule has 4 saturated carbocycles. The molecule has 0 aliphatic heterocycles. The van der Waals surface area contributed by atoms with Gasteiger partial charge >= 0.3 is 0 Å². The molecule has 8 heteroatoms. The molecule has 412 valence electrons. The van der Waals surface area contributed by atoms with Crippen LogP contribution in [-0.4, -0.2) is 0 Å². The smallest absolute Gasteiger partial charge is 0.162 e. The zero-order valence-electron chi connectivity index (χ0n) is 45.3. The Bertz CT molecular complexity index is 2470. The van der Waals surface area contributed by atoms with Crippen molar-refractivity contribution in [3.63, 3.8) is 0 Å². The lowest BCUT2D eigenvalue weighted by Gasteiger charge is -2.29. The molecule has 4 aliphatic rings. The maximum Gasteiger partial charge on any atom is 0.162 e. The summed E-state index contributed by atoms with van der Waals surface area (Å²) >= 11 is 0. The molecule has 0 heterocycles. The zero-order valence-corrected chi connectivity index (χ0v) is 45.3. The molecule has 0 bridgehead atoms. The van der Waals surface area contributed by atoms with Gasteiger partial charge in [-0.15, -0.1) is 13.2 Å². The Labute approximate surface area is 445 Å². The average molecular weight is 1040 g/mol. The van der Waals surface area contributed by atoms with Crippen molar-refractivity contribution in [2.75, 3.05) is 0 Å². The largest absolute Gasteiger partial charge is 0.203 e. The fourth-order valence-corrected chi connectivity index (χ4v) is 11.8. The van der Waals surface area contributed by atoms with Crippen LogP contribution < -0.4 is 0 Å². The van der Waals surface area contributed by atoms with E-state index < -0.39 is 46.5 Å². The maximum absolute atomic E-state index is 14.0. The zero-order chi connectivity index (χ0) is 53.9. The van der Waals surface area contributed by atoms with Gasteiger partial charge in [0.15, 0.2) is 46.5 Å². The van der Waals surface area contributed by atoms with Crippen LogP contribution in [0.5, 0.6) is 0 Å². The molecule has 4 aromatic carbocycles. The van der Waals surface area contributed by atoms with Crippen molar-refractivity contribution < 1.29 is 40.8 Å². The van der Waals surface area contributed by atoms with Gasteiger partial charge in [0.1, 0.15) is 0 Å². The minimum absolute atomic E-state index is 0. The molecular weight excluding hydrogens is 945 g/mol. The van der Waals surface area contributed by atoms with Crippen LogP contribution in [0.2, 0.25) is 0 Å². The summed E-state index contributed by atoms with van der Waals surface area (Å²) in [6.45, 7) is 18.0. The third-order valence-corrected chi connectivity index (χ3v) is 16.8. The summed E-state index contributed by atoms with van der Waals surface area (Å²) in [6, 6.07) is 13.8. The molecule has 4 fully saturated rings. The topological polar surface area (TPSA) is 0 Å². The quantitative estimate of drug-likeness (QED) is 0.0980. The number of rotatable bonds is 12.